The maximum Gasteiger partial charge on any atom is 0.254 e. The molecular weight excluding hydrogens is 357 g/mol. The average molecular weight is 377 g/mol. The molecule has 1 fully saturated rings. The number of rotatable bonds is 3. The van der Waals surface area contributed by atoms with E-state index in [9.17, 15) is 26.0 Å². The number of sulfone groups is 2. The molecule has 1 aliphatic rings. The number of carbonyl (C=O) groups excluding carboxylic acids is 1. The van der Waals surface area contributed by atoms with Gasteiger partial charge in [0.25, 0.3) is 5.91 Å². The highest BCUT2D eigenvalue weighted by Crippen LogP contribution is 2.26. The third-order valence-electron chi connectivity index (χ3n) is 3.63. The quantitative estimate of drug-likeness (QED) is 0.801. The predicted molar refractivity (Wildman–Crippen MR) is 87.9 cm³/mol. The largest absolute Gasteiger partial charge is 0.347 e. The maximum atomic E-state index is 13.9. The Morgan fingerprint density at radius 3 is 2.42 bits per heavy atom. The van der Waals surface area contributed by atoms with Gasteiger partial charge in [0.2, 0.25) is 0 Å². The van der Waals surface area contributed by atoms with E-state index < -0.39 is 47.9 Å². The van der Waals surface area contributed by atoms with E-state index in [1.54, 1.807) is 20.8 Å². The zero-order chi connectivity index (χ0) is 18.3. The lowest BCUT2D eigenvalue weighted by Crippen LogP contribution is -2.41. The van der Waals surface area contributed by atoms with Crippen LogP contribution in [0.4, 0.5) is 4.39 Å². The van der Waals surface area contributed by atoms with Crippen LogP contribution in [0.25, 0.3) is 0 Å². The molecule has 0 radical (unpaired) electrons. The second-order valence-corrected chi connectivity index (χ2v) is 11.4. The highest BCUT2D eigenvalue weighted by atomic mass is 32.2. The van der Waals surface area contributed by atoms with E-state index in [-0.39, 0.29) is 22.6 Å². The number of hydrogen-bond acceptors (Lipinski definition) is 5. The Labute approximate surface area is 141 Å². The smallest absolute Gasteiger partial charge is 0.254 e. The zero-order valence-corrected chi connectivity index (χ0v) is 15.3. The molecule has 0 aliphatic carbocycles. The Balaban J connectivity index is 2.39. The van der Waals surface area contributed by atoms with Crippen LogP contribution in [0.3, 0.4) is 0 Å². The van der Waals surface area contributed by atoms with Gasteiger partial charge < -0.3 is 5.32 Å². The van der Waals surface area contributed by atoms with Crippen molar-refractivity contribution >= 4 is 25.6 Å². The van der Waals surface area contributed by atoms with Gasteiger partial charge in [0.05, 0.1) is 27.2 Å². The summed E-state index contributed by atoms with van der Waals surface area (Å²) in [5, 5.41) is 1.50. The molecular formula is C15H20FNO5S2. The third kappa shape index (κ3) is 4.13. The molecule has 1 aromatic rings. The molecule has 6 nitrogen and oxygen atoms in total. The molecule has 9 heteroatoms. The van der Waals surface area contributed by atoms with E-state index in [0.717, 1.165) is 18.2 Å². The minimum absolute atomic E-state index is 0.00552. The lowest BCUT2D eigenvalue weighted by molar-refractivity contribution is 0.0915. The molecule has 134 valence electrons. The van der Waals surface area contributed by atoms with Crippen molar-refractivity contribution in [2.75, 3.05) is 11.5 Å². The molecule has 0 bridgehead atoms. The van der Waals surface area contributed by atoms with E-state index in [4.69, 9.17) is 0 Å². The summed E-state index contributed by atoms with van der Waals surface area (Å²) in [6.07, 6.45) is 0.00552. The van der Waals surface area contributed by atoms with Gasteiger partial charge in [0.1, 0.15) is 5.82 Å². The fourth-order valence-corrected chi connectivity index (χ4v) is 6.85. The summed E-state index contributed by atoms with van der Waals surface area (Å²) in [5.41, 5.74) is -0.996. The lowest BCUT2D eigenvalue weighted by atomic mass is 10.1. The van der Waals surface area contributed by atoms with Gasteiger partial charge in [0.15, 0.2) is 19.7 Å². The van der Waals surface area contributed by atoms with Crippen LogP contribution >= 0.6 is 0 Å². The van der Waals surface area contributed by atoms with Crippen LogP contribution in [0.2, 0.25) is 0 Å². The molecule has 24 heavy (non-hydrogen) atoms. The molecule has 1 atom stereocenters. The van der Waals surface area contributed by atoms with Gasteiger partial charge in [-0.3, -0.25) is 4.79 Å². The highest BCUT2D eigenvalue weighted by Gasteiger charge is 2.38. The summed E-state index contributed by atoms with van der Waals surface area (Å²) in [6.45, 7) is 5.15. The number of benzene rings is 1. The van der Waals surface area contributed by atoms with Gasteiger partial charge in [-0.05, 0) is 45.4 Å². The van der Waals surface area contributed by atoms with Crippen LogP contribution < -0.4 is 5.32 Å². The first kappa shape index (κ1) is 18.9. The summed E-state index contributed by atoms with van der Waals surface area (Å²) in [4.78, 5) is 11.9. The first-order valence-corrected chi connectivity index (χ1v) is 10.7. The number of halogens is 1. The second kappa shape index (κ2) is 6.11. The first-order valence-electron chi connectivity index (χ1n) is 7.38. The fraction of sp³-hybridized carbons (Fsp3) is 0.533. The van der Waals surface area contributed by atoms with Crippen LogP contribution in [0, 0.1) is 5.82 Å². The normalized spacial score (nSPS) is 20.8. The van der Waals surface area contributed by atoms with Gasteiger partial charge in [-0.1, -0.05) is 0 Å². The van der Waals surface area contributed by atoms with Gasteiger partial charge in [-0.2, -0.15) is 0 Å². The maximum absolute atomic E-state index is 13.9. The summed E-state index contributed by atoms with van der Waals surface area (Å²) in [7, 11) is -7.33. The van der Waals surface area contributed by atoms with Crippen molar-refractivity contribution in [2.24, 2.45) is 0 Å². The summed E-state index contributed by atoms with van der Waals surface area (Å²) < 4.78 is 62.1. The van der Waals surface area contributed by atoms with Crippen LogP contribution in [-0.2, 0) is 19.7 Å². The molecule has 1 aromatic carbocycles. The van der Waals surface area contributed by atoms with Crippen molar-refractivity contribution in [3.05, 3.63) is 29.6 Å². The Morgan fingerprint density at radius 1 is 1.29 bits per heavy atom. The zero-order valence-electron chi connectivity index (χ0n) is 13.7. The van der Waals surface area contributed by atoms with Crippen LogP contribution in [-0.4, -0.2) is 45.0 Å². The van der Waals surface area contributed by atoms with Gasteiger partial charge in [-0.25, -0.2) is 21.2 Å². The van der Waals surface area contributed by atoms with E-state index in [1.807, 2.05) is 0 Å². The molecule has 0 spiro atoms. The standard InChI is InChI=1S/C15H20FNO5S2/c1-15(2,3)17-14(18)12-8-10(4-5-13(12)16)24(21,22)11-6-7-23(19,20)9-11/h4-5,8,11H,6-7,9H2,1-3H3,(H,17,18). The van der Waals surface area contributed by atoms with Crippen molar-refractivity contribution in [1.29, 1.82) is 0 Å². The number of nitrogens with one attached hydrogen (secondary N) is 1. The molecule has 1 N–H and O–H groups in total. The number of amides is 1. The van der Waals surface area contributed by atoms with E-state index in [1.165, 1.54) is 0 Å². The second-order valence-electron chi connectivity index (χ2n) is 6.92. The molecule has 1 saturated heterocycles. The van der Waals surface area contributed by atoms with Crippen molar-refractivity contribution in [1.82, 2.24) is 5.32 Å². The number of carbonyl (C=O) groups is 1. The van der Waals surface area contributed by atoms with Crippen LogP contribution in [0.15, 0.2) is 23.1 Å². The Morgan fingerprint density at radius 2 is 1.92 bits per heavy atom. The fourth-order valence-electron chi connectivity index (χ4n) is 2.46. The van der Waals surface area contributed by atoms with Crippen LogP contribution in [0.5, 0.6) is 0 Å². The summed E-state index contributed by atoms with van der Waals surface area (Å²) in [5.74, 6) is -2.20. The molecule has 0 saturated carbocycles. The Kier molecular flexibility index (Phi) is 4.80. The third-order valence-corrected chi connectivity index (χ3v) is 7.80. The SMILES string of the molecule is CC(C)(C)NC(=O)c1cc(S(=O)(=O)C2CCS(=O)(=O)C2)ccc1F. The Hall–Kier alpha value is -1.48. The molecule has 1 unspecified atom stereocenters. The molecule has 2 rings (SSSR count). The van der Waals surface area contributed by atoms with Gasteiger partial charge >= 0.3 is 0 Å². The lowest BCUT2D eigenvalue weighted by Gasteiger charge is -2.21. The average Bonchev–Trinajstić information content (AvgIpc) is 2.78. The van der Waals surface area contributed by atoms with Gasteiger partial charge in [0, 0.05) is 5.54 Å². The topological polar surface area (TPSA) is 97.4 Å². The number of hydrogen-bond donors (Lipinski definition) is 1. The predicted octanol–water partition coefficient (Wildman–Crippen LogP) is 1.31. The summed E-state index contributed by atoms with van der Waals surface area (Å²) in [6, 6.07) is 2.94. The van der Waals surface area contributed by atoms with E-state index in [0.29, 0.717) is 0 Å². The van der Waals surface area contributed by atoms with E-state index in [2.05, 4.69) is 5.32 Å². The molecule has 1 heterocycles. The van der Waals surface area contributed by atoms with Crippen molar-refractivity contribution in [3.8, 4) is 0 Å². The molecule has 0 aromatic heterocycles. The first-order chi connectivity index (χ1) is 10.8. The minimum Gasteiger partial charge on any atom is -0.347 e. The van der Waals surface area contributed by atoms with Gasteiger partial charge in [-0.15, -0.1) is 0 Å². The van der Waals surface area contributed by atoms with Crippen molar-refractivity contribution < 1.29 is 26.0 Å². The Bertz CT molecular complexity index is 870. The monoisotopic (exact) mass is 377 g/mol. The highest BCUT2D eigenvalue weighted by molar-refractivity contribution is 7.96. The minimum atomic E-state index is -3.95. The molecule has 1 aliphatic heterocycles. The van der Waals surface area contributed by atoms with Crippen molar-refractivity contribution in [3.63, 3.8) is 0 Å². The van der Waals surface area contributed by atoms with Crippen LogP contribution in [0.1, 0.15) is 37.6 Å². The van der Waals surface area contributed by atoms with E-state index >= 15 is 0 Å². The van der Waals surface area contributed by atoms with Crippen molar-refractivity contribution in [2.45, 2.75) is 42.9 Å². The molecule has 1 amide bonds. The summed E-state index contributed by atoms with van der Waals surface area (Å²) >= 11 is 0.